The van der Waals surface area contributed by atoms with E-state index in [0.29, 0.717) is 18.8 Å². The maximum Gasteiger partial charge on any atom is 0.161 e. The maximum absolute atomic E-state index is 13.8. The monoisotopic (exact) mass is 316 g/mol. The number of allylic oxidation sites excluding steroid dienone is 1. The van der Waals surface area contributed by atoms with Gasteiger partial charge in [-0.05, 0) is 48.2 Å². The quantitative estimate of drug-likeness (QED) is 0.588. The molecule has 0 N–H and O–H groups in total. The smallest absolute Gasteiger partial charge is 0.161 e. The Morgan fingerprint density at radius 3 is 2.04 bits per heavy atom. The summed E-state index contributed by atoms with van der Waals surface area (Å²) in [4.78, 5) is 0. The first-order valence-corrected chi connectivity index (χ1v) is 7.99. The van der Waals surface area contributed by atoms with Crippen molar-refractivity contribution >= 4 is 5.83 Å². The molecule has 3 heteroatoms. The van der Waals surface area contributed by atoms with E-state index in [1.54, 1.807) is 24.3 Å². The number of aryl methyl sites for hydroxylation is 1. The second-order valence-electron chi connectivity index (χ2n) is 5.45. The minimum absolute atomic E-state index is 0.123. The van der Waals surface area contributed by atoms with E-state index in [-0.39, 0.29) is 12.0 Å². The highest BCUT2D eigenvalue weighted by Gasteiger charge is 2.08. The van der Waals surface area contributed by atoms with Crippen molar-refractivity contribution in [3.8, 4) is 5.75 Å². The van der Waals surface area contributed by atoms with Crippen molar-refractivity contribution in [2.75, 3.05) is 0 Å². The number of rotatable bonds is 7. The van der Waals surface area contributed by atoms with Crippen molar-refractivity contribution in [3.05, 3.63) is 71.0 Å². The van der Waals surface area contributed by atoms with Gasteiger partial charge in [-0.1, -0.05) is 38.1 Å². The van der Waals surface area contributed by atoms with Crippen LogP contribution in [0.2, 0.25) is 0 Å². The first kappa shape index (κ1) is 17.2. The molecule has 0 fully saturated rings. The minimum Gasteiger partial charge on any atom is -0.489 e. The van der Waals surface area contributed by atoms with Crippen LogP contribution in [0.5, 0.6) is 5.75 Å². The van der Waals surface area contributed by atoms with Gasteiger partial charge in [-0.3, -0.25) is 0 Å². The molecule has 0 heterocycles. The van der Waals surface area contributed by atoms with Gasteiger partial charge in [-0.15, -0.1) is 0 Å². The van der Waals surface area contributed by atoms with Gasteiger partial charge in [-0.25, -0.2) is 8.78 Å². The summed E-state index contributed by atoms with van der Waals surface area (Å²) in [6, 6.07) is 14.6. The summed E-state index contributed by atoms with van der Waals surface area (Å²) in [7, 11) is 0. The van der Waals surface area contributed by atoms with Gasteiger partial charge in [0.05, 0.1) is 0 Å². The fourth-order valence-corrected chi connectivity index (χ4v) is 2.22. The largest absolute Gasteiger partial charge is 0.489 e. The van der Waals surface area contributed by atoms with Crippen LogP contribution in [0.4, 0.5) is 8.78 Å². The molecule has 0 atom stereocenters. The summed E-state index contributed by atoms with van der Waals surface area (Å²) < 4.78 is 33.0. The van der Waals surface area contributed by atoms with E-state index in [9.17, 15) is 8.78 Å². The van der Waals surface area contributed by atoms with Crippen molar-refractivity contribution in [2.45, 2.75) is 39.7 Å². The molecule has 0 aromatic heterocycles. The number of halogens is 2. The molecule has 0 aliphatic rings. The molecular formula is C20H22F2O. The van der Waals surface area contributed by atoms with Crippen molar-refractivity contribution < 1.29 is 13.5 Å². The Kier molecular flexibility index (Phi) is 6.33. The van der Waals surface area contributed by atoms with E-state index < -0.39 is 11.7 Å². The molecule has 0 radical (unpaired) electrons. The van der Waals surface area contributed by atoms with E-state index in [1.807, 2.05) is 19.1 Å². The minimum atomic E-state index is -0.784. The third kappa shape index (κ3) is 4.92. The fraction of sp³-hybridized carbons (Fsp3) is 0.300. The molecule has 2 aromatic rings. The predicted octanol–water partition coefficient (Wildman–Crippen LogP) is 6.24. The van der Waals surface area contributed by atoms with Gasteiger partial charge in [0, 0.05) is 12.0 Å². The molecule has 0 bridgehead atoms. The Balaban J connectivity index is 1.98. The Hall–Kier alpha value is -2.16. The lowest BCUT2D eigenvalue weighted by Gasteiger charge is -2.08. The predicted molar refractivity (Wildman–Crippen MR) is 90.6 cm³/mol. The highest BCUT2D eigenvalue weighted by atomic mass is 19.2. The highest BCUT2D eigenvalue weighted by Crippen LogP contribution is 2.26. The zero-order valence-electron chi connectivity index (χ0n) is 13.6. The van der Waals surface area contributed by atoms with Crippen LogP contribution < -0.4 is 4.74 Å². The molecule has 0 saturated carbocycles. The van der Waals surface area contributed by atoms with Crippen LogP contribution in [0.15, 0.2) is 54.4 Å². The molecular weight excluding hydrogens is 294 g/mol. The van der Waals surface area contributed by atoms with Crippen molar-refractivity contribution in [3.63, 3.8) is 0 Å². The van der Waals surface area contributed by atoms with Crippen LogP contribution in [0.25, 0.3) is 5.83 Å². The average molecular weight is 316 g/mol. The SMILES string of the molecule is CCC/C(F)=C(\F)c1ccc(OCc2ccc(CC)cc2)cc1. The van der Waals surface area contributed by atoms with Crippen LogP contribution in [0, 0.1) is 0 Å². The molecule has 122 valence electrons. The van der Waals surface area contributed by atoms with Crippen molar-refractivity contribution in [1.82, 2.24) is 0 Å². The number of hydrogen-bond acceptors (Lipinski definition) is 1. The lowest BCUT2D eigenvalue weighted by molar-refractivity contribution is 0.306. The molecule has 0 spiro atoms. The topological polar surface area (TPSA) is 9.23 Å². The lowest BCUT2D eigenvalue weighted by Crippen LogP contribution is -1.96. The molecule has 0 aliphatic heterocycles. The molecule has 0 aliphatic carbocycles. The van der Waals surface area contributed by atoms with Crippen LogP contribution in [0.3, 0.4) is 0 Å². The molecule has 23 heavy (non-hydrogen) atoms. The summed E-state index contributed by atoms with van der Waals surface area (Å²) >= 11 is 0. The summed E-state index contributed by atoms with van der Waals surface area (Å²) in [6.45, 7) is 4.38. The molecule has 0 saturated heterocycles. The zero-order valence-corrected chi connectivity index (χ0v) is 13.6. The Morgan fingerprint density at radius 2 is 1.48 bits per heavy atom. The molecule has 0 amide bonds. The normalized spacial score (nSPS) is 12.0. The van der Waals surface area contributed by atoms with Crippen LogP contribution in [0.1, 0.15) is 43.4 Å². The second-order valence-corrected chi connectivity index (χ2v) is 5.45. The number of ether oxygens (including phenoxy) is 1. The number of benzene rings is 2. The Bertz CT molecular complexity index is 642. The van der Waals surface area contributed by atoms with E-state index in [0.717, 1.165) is 12.0 Å². The van der Waals surface area contributed by atoms with Gasteiger partial charge in [0.1, 0.15) is 18.2 Å². The number of hydrogen-bond donors (Lipinski definition) is 0. The van der Waals surface area contributed by atoms with Gasteiger partial charge in [0.15, 0.2) is 5.83 Å². The van der Waals surface area contributed by atoms with Crippen molar-refractivity contribution in [1.29, 1.82) is 0 Å². The van der Waals surface area contributed by atoms with E-state index in [2.05, 4.69) is 19.1 Å². The third-order valence-corrected chi connectivity index (χ3v) is 3.65. The van der Waals surface area contributed by atoms with Gasteiger partial charge >= 0.3 is 0 Å². The third-order valence-electron chi connectivity index (χ3n) is 3.65. The zero-order chi connectivity index (χ0) is 16.7. The average Bonchev–Trinajstić information content (AvgIpc) is 2.60. The molecule has 0 unspecified atom stereocenters. The van der Waals surface area contributed by atoms with Crippen LogP contribution >= 0.6 is 0 Å². The summed E-state index contributed by atoms with van der Waals surface area (Å²) in [5, 5.41) is 0. The summed E-state index contributed by atoms with van der Waals surface area (Å²) in [5.74, 6) is -0.845. The van der Waals surface area contributed by atoms with Gasteiger partial charge in [-0.2, -0.15) is 0 Å². The lowest BCUT2D eigenvalue weighted by atomic mass is 10.1. The molecule has 2 aromatic carbocycles. The van der Waals surface area contributed by atoms with Gasteiger partial charge in [0.2, 0.25) is 0 Å². The van der Waals surface area contributed by atoms with E-state index in [1.165, 1.54) is 5.56 Å². The van der Waals surface area contributed by atoms with Gasteiger partial charge in [0.25, 0.3) is 0 Å². The highest BCUT2D eigenvalue weighted by molar-refractivity contribution is 5.61. The Morgan fingerprint density at radius 1 is 0.870 bits per heavy atom. The molecule has 1 nitrogen and oxygen atoms in total. The maximum atomic E-state index is 13.8. The van der Waals surface area contributed by atoms with E-state index in [4.69, 9.17) is 4.74 Å². The first-order valence-electron chi connectivity index (χ1n) is 7.99. The molecule has 2 rings (SSSR count). The van der Waals surface area contributed by atoms with E-state index >= 15 is 0 Å². The first-order chi connectivity index (χ1) is 11.1. The Labute approximate surface area is 136 Å². The standard InChI is InChI=1S/C20H22F2O/c1-3-5-19(21)20(22)17-10-12-18(13-11-17)23-14-16-8-6-15(4-2)7-9-16/h6-13H,3-5,14H2,1-2H3/b20-19+. The second kappa shape index (κ2) is 8.47. The summed E-state index contributed by atoms with van der Waals surface area (Å²) in [5.41, 5.74) is 2.61. The van der Waals surface area contributed by atoms with Gasteiger partial charge < -0.3 is 4.74 Å². The summed E-state index contributed by atoms with van der Waals surface area (Å²) in [6.07, 6.45) is 1.71. The fourth-order valence-electron chi connectivity index (χ4n) is 2.22. The van der Waals surface area contributed by atoms with Crippen LogP contribution in [-0.2, 0) is 13.0 Å². The van der Waals surface area contributed by atoms with Crippen molar-refractivity contribution in [2.24, 2.45) is 0 Å². The van der Waals surface area contributed by atoms with Crippen LogP contribution in [-0.4, -0.2) is 0 Å².